The van der Waals surface area contributed by atoms with E-state index in [4.69, 9.17) is 0 Å². The van der Waals surface area contributed by atoms with Gasteiger partial charge in [0, 0.05) is 48.2 Å². The molecule has 2 fully saturated rings. The summed E-state index contributed by atoms with van der Waals surface area (Å²) >= 11 is 0. The lowest BCUT2D eigenvalue weighted by molar-refractivity contribution is -0.723. The summed E-state index contributed by atoms with van der Waals surface area (Å²) in [4.78, 5) is 168. The number of amides is 11. The van der Waals surface area contributed by atoms with Crippen molar-refractivity contribution >= 4 is 65.0 Å². The summed E-state index contributed by atoms with van der Waals surface area (Å²) in [5.41, 5.74) is -0.361. The van der Waals surface area contributed by atoms with E-state index in [1.165, 1.54) is 70.8 Å². The largest absolute Gasteiger partial charge is 0.390 e. The molecule has 2 heterocycles. The number of carbonyl (C=O) groups excluding carboxylic acids is 11. The predicted molar refractivity (Wildman–Crippen MR) is 330 cm³/mol. The van der Waals surface area contributed by atoms with Gasteiger partial charge in [0.1, 0.15) is 60.1 Å². The molecule has 2 aliphatic rings. The average molecular weight is 1210 g/mol. The number of likely N-dealkylation sites (N-methyl/N-ethyl adjacent to an activating group) is 7. The summed E-state index contributed by atoms with van der Waals surface area (Å²) in [5, 5.41) is 23.2. The van der Waals surface area contributed by atoms with Gasteiger partial charge in [0.25, 0.3) is 11.8 Å². The van der Waals surface area contributed by atoms with Crippen LogP contribution in [0.2, 0.25) is 0 Å². The number of fused-ring (bicyclic) bond motifs is 1. The van der Waals surface area contributed by atoms with Gasteiger partial charge < -0.3 is 55.8 Å². The van der Waals surface area contributed by atoms with Crippen LogP contribution in [0.25, 0.3) is 0 Å². The number of allylic oxidation sites excluding steroid dienone is 2. The van der Waals surface area contributed by atoms with Crippen LogP contribution in [0.5, 0.6) is 0 Å². The Morgan fingerprint density at radius 3 is 1.53 bits per heavy atom. The van der Waals surface area contributed by atoms with Gasteiger partial charge in [-0.3, -0.25) is 47.9 Å². The third kappa shape index (κ3) is 17.5. The van der Waals surface area contributed by atoms with Crippen molar-refractivity contribution in [1.29, 1.82) is 0 Å². The second-order valence-corrected chi connectivity index (χ2v) is 26.4. The van der Waals surface area contributed by atoms with E-state index in [1.54, 1.807) is 74.6 Å². The van der Waals surface area contributed by atoms with Gasteiger partial charge in [0.05, 0.1) is 13.2 Å². The van der Waals surface area contributed by atoms with Crippen molar-refractivity contribution in [2.45, 2.75) is 222 Å². The second kappa shape index (κ2) is 32.1. The van der Waals surface area contributed by atoms with Crippen molar-refractivity contribution in [3.05, 3.63) is 24.4 Å². The Kier molecular flexibility index (Phi) is 28.3. The van der Waals surface area contributed by atoms with Gasteiger partial charge in [0.15, 0.2) is 6.04 Å². The molecule has 0 aliphatic carbocycles. The zero-order valence-corrected chi connectivity index (χ0v) is 56.4. The third-order valence-electron chi connectivity index (χ3n) is 17.7. The van der Waals surface area contributed by atoms with Crippen LogP contribution in [0.15, 0.2) is 24.4 Å². The van der Waals surface area contributed by atoms with E-state index in [0.717, 1.165) is 14.7 Å². The molecule has 0 spiro atoms. The summed E-state index contributed by atoms with van der Waals surface area (Å²) in [6.07, 6.45) is 3.04. The van der Waals surface area contributed by atoms with Crippen LogP contribution in [0.4, 0.5) is 0 Å². The summed E-state index contributed by atoms with van der Waals surface area (Å²) in [6, 6.07) is -12.9. The van der Waals surface area contributed by atoms with Gasteiger partial charge in [-0.25, -0.2) is 9.28 Å². The Balaban J connectivity index is 3.00. The van der Waals surface area contributed by atoms with E-state index < -0.39 is 166 Å². The van der Waals surface area contributed by atoms with E-state index in [-0.39, 0.29) is 42.7 Å². The fourth-order valence-corrected chi connectivity index (χ4v) is 12.0. The normalized spacial score (nSPS) is 30.0. The number of hydrogen-bond donors (Lipinski definition) is 5. The Hall–Kier alpha value is -6.23. The quantitative estimate of drug-likeness (QED) is 0.0726. The molecular formula is C63H110N11O12+. The smallest absolute Gasteiger partial charge is 0.336 e. The molecule has 0 saturated carbocycles. The second-order valence-electron chi connectivity index (χ2n) is 26.4. The highest BCUT2D eigenvalue weighted by Gasteiger charge is 2.74. The first kappa shape index (κ1) is 75.9. The van der Waals surface area contributed by atoms with Crippen LogP contribution in [-0.2, 0) is 52.7 Å². The Morgan fingerprint density at radius 2 is 1.06 bits per heavy atom. The molecule has 0 bridgehead atoms. The molecule has 3 unspecified atom stereocenters. The van der Waals surface area contributed by atoms with Crippen molar-refractivity contribution in [3.8, 4) is 0 Å². The van der Waals surface area contributed by atoms with Crippen molar-refractivity contribution in [3.63, 3.8) is 0 Å². The Morgan fingerprint density at radius 1 is 0.558 bits per heavy atom. The minimum Gasteiger partial charge on any atom is -0.390 e. The molecular weight excluding hydrogens is 1100 g/mol. The van der Waals surface area contributed by atoms with Crippen molar-refractivity contribution < 1.29 is 62.3 Å². The predicted octanol–water partition coefficient (Wildman–Crippen LogP) is 3.29. The molecule has 2 saturated heterocycles. The highest BCUT2D eigenvalue weighted by atomic mass is 16.3. The molecule has 0 aromatic heterocycles. The van der Waals surface area contributed by atoms with Gasteiger partial charge in [0.2, 0.25) is 53.3 Å². The molecule has 0 aromatic carbocycles. The zero-order chi connectivity index (χ0) is 66.6. The molecule has 23 heteroatoms. The monoisotopic (exact) mass is 1210 g/mol. The van der Waals surface area contributed by atoms with Crippen LogP contribution < -0.4 is 21.3 Å². The molecule has 15 atom stereocenters. The molecule has 0 radical (unpaired) electrons. The summed E-state index contributed by atoms with van der Waals surface area (Å²) < 4.78 is -0.408. The molecule has 2 rings (SSSR count). The van der Waals surface area contributed by atoms with Gasteiger partial charge in [-0.05, 0) is 82.0 Å². The number of aliphatic hydroxyl groups is 1. The average Bonchev–Trinajstić information content (AvgIpc) is 1.54. The summed E-state index contributed by atoms with van der Waals surface area (Å²) in [5.74, 6) is -10.4. The third-order valence-corrected chi connectivity index (χ3v) is 17.7. The summed E-state index contributed by atoms with van der Waals surface area (Å²) in [7, 11) is 9.99. The first-order valence-electron chi connectivity index (χ1n) is 30.9. The fourth-order valence-electron chi connectivity index (χ4n) is 12.0. The van der Waals surface area contributed by atoms with Crippen molar-refractivity contribution in [2.75, 3.05) is 49.3 Å². The SMILES string of the molecule is C=C1C(=O)N(C)[C@@H](C(C)CC)C(=O)N[C@@H](C(C)C)C(=O)N(C)[C@@H](CC(C)C)C(=O)N[C@@H](C)C(=O)N[C@H](C)C(=O)[N+]2(C)C(C(C)C)[C@@H]2C(=O)N(C)[C@@H](CC(C)C)C(=O)N(C)[C@@H](C(C)C)C(=O)N(C)[C@@H]([C@H](O)[C@H](C)CC=CC)C(=O)N[C@@H](CC)C(=O)N1C. The van der Waals surface area contributed by atoms with E-state index in [2.05, 4.69) is 27.8 Å². The molecule has 488 valence electrons. The maximum atomic E-state index is 15.2. The Bertz CT molecular complexity index is 2500. The lowest BCUT2D eigenvalue weighted by atomic mass is 9.91. The molecule has 23 nitrogen and oxygen atoms in total. The first-order valence-corrected chi connectivity index (χ1v) is 30.9. The summed E-state index contributed by atoms with van der Waals surface area (Å²) in [6.45, 7) is 33.7. The van der Waals surface area contributed by atoms with Crippen molar-refractivity contribution in [2.24, 2.45) is 41.4 Å². The van der Waals surface area contributed by atoms with E-state index >= 15 is 14.4 Å². The maximum absolute atomic E-state index is 15.2. The molecule has 0 aromatic rings. The number of hydrogen-bond acceptors (Lipinski definition) is 12. The molecule has 2 aliphatic heterocycles. The number of carbonyl (C=O) groups is 11. The zero-order valence-electron chi connectivity index (χ0n) is 56.4. The van der Waals surface area contributed by atoms with E-state index in [9.17, 15) is 43.5 Å². The van der Waals surface area contributed by atoms with Crippen LogP contribution >= 0.6 is 0 Å². The molecule has 5 N–H and O–H groups in total. The van der Waals surface area contributed by atoms with Gasteiger partial charge in [-0.15, -0.1) is 0 Å². The fraction of sp³-hybridized carbons (Fsp3) is 0.762. The number of rotatable bonds is 14. The molecule has 11 amide bonds. The molecule has 86 heavy (non-hydrogen) atoms. The number of nitrogens with one attached hydrogen (secondary N) is 4. The van der Waals surface area contributed by atoms with Crippen molar-refractivity contribution in [1.82, 2.24) is 50.7 Å². The van der Waals surface area contributed by atoms with Gasteiger partial charge in [-0.1, -0.05) is 122 Å². The van der Waals surface area contributed by atoms with Crippen LogP contribution in [0.3, 0.4) is 0 Å². The van der Waals surface area contributed by atoms with Gasteiger partial charge >= 0.3 is 5.91 Å². The number of nitrogens with zero attached hydrogens (tertiary/aromatic N) is 7. The number of quaternary nitrogens is 1. The first-order chi connectivity index (χ1) is 39.7. The lowest BCUT2D eigenvalue weighted by Gasteiger charge is -2.40. The standard InChI is InChI=1S/C63H109N11O12/c1-26-29-30-39(15)52(75)49-56(79)66-43(28-3)58(81)68(19)42(18)57(80)72(23)48(38(14)27-2)55(78)67-46(35(8)9)60(83)69(20)44(31-33(4)5)54(77)64-40(16)53(76)65-41(17)63(86)74(25)50(37(12)13)51(74)62(85)70(21)45(32-34(6)7)59(82)71(22)47(36(10)11)61(84)73(49)24/h26,29,33-41,43-52,75H,18,27-28,30-32H2,1-17,19-25H3,(H3-,64,65,66,67,76,77,78,79)/p+1/t38?,39-,40+,41-,43+,44+,45+,46+,47+,48+,49+,50?,51-,52-,74?/m1/s1. The Labute approximate surface area is 513 Å². The van der Waals surface area contributed by atoms with Crippen LogP contribution in [0, 0.1) is 41.4 Å². The van der Waals surface area contributed by atoms with Gasteiger partial charge in [-0.2, -0.15) is 0 Å². The lowest BCUT2D eigenvalue weighted by Crippen LogP contribution is -2.63. The minimum absolute atomic E-state index is 0.0230. The topological polar surface area (TPSA) is 276 Å². The van der Waals surface area contributed by atoms with Crippen LogP contribution in [-0.4, -0.2) is 226 Å². The number of aliphatic hydroxyl groups excluding tert-OH is 1. The minimum atomic E-state index is -1.63. The van der Waals surface area contributed by atoms with E-state index in [0.29, 0.717) is 12.8 Å². The highest BCUT2D eigenvalue weighted by molar-refractivity contribution is 6.02. The highest BCUT2D eigenvalue weighted by Crippen LogP contribution is 2.45. The van der Waals surface area contributed by atoms with E-state index in [1.807, 2.05) is 48.5 Å². The van der Waals surface area contributed by atoms with Crippen LogP contribution in [0.1, 0.15) is 150 Å². The maximum Gasteiger partial charge on any atom is 0.336 e.